The summed E-state index contributed by atoms with van der Waals surface area (Å²) in [5.74, 6) is 1.82. The van der Waals surface area contributed by atoms with Crippen LogP contribution in [0.2, 0.25) is 0 Å². The van der Waals surface area contributed by atoms with E-state index in [-0.39, 0.29) is 18.1 Å². The van der Waals surface area contributed by atoms with Crippen LogP contribution in [0, 0.1) is 11.8 Å². The van der Waals surface area contributed by atoms with Crippen LogP contribution in [0.4, 0.5) is 0 Å². The number of ether oxygens (including phenoxy) is 2. The topological polar surface area (TPSA) is 51.7 Å². The van der Waals surface area contributed by atoms with Gasteiger partial charge in [0.2, 0.25) is 0 Å². The van der Waals surface area contributed by atoms with Gasteiger partial charge in [0.15, 0.2) is 0 Å². The predicted molar refractivity (Wildman–Crippen MR) is 178 cm³/mol. The minimum atomic E-state index is -0.318. The van der Waals surface area contributed by atoms with E-state index in [1.54, 1.807) is 7.11 Å². The van der Waals surface area contributed by atoms with Gasteiger partial charge in [-0.25, -0.2) is 0 Å². The maximum atomic E-state index is 13.3. The molecule has 236 valence electrons. The number of hydrogen-bond donors (Lipinski definition) is 0. The molecule has 4 heterocycles. The second kappa shape index (κ2) is 18.2. The van der Waals surface area contributed by atoms with Crippen molar-refractivity contribution in [2.24, 2.45) is 11.8 Å². The molecule has 1 unspecified atom stereocenters. The Morgan fingerprint density at radius 2 is 1.74 bits per heavy atom. The Hall–Kier alpha value is -2.66. The summed E-state index contributed by atoms with van der Waals surface area (Å²) in [6.07, 6.45) is 27.3. The number of esters is 1. The Balaban J connectivity index is 1.25. The molecule has 0 amide bonds. The number of allylic oxidation sites excluding steroid dienone is 2. The summed E-state index contributed by atoms with van der Waals surface area (Å²) >= 11 is 0. The van der Waals surface area contributed by atoms with E-state index in [9.17, 15) is 4.79 Å². The van der Waals surface area contributed by atoms with E-state index in [1.165, 1.54) is 77.0 Å². The van der Waals surface area contributed by atoms with Crippen molar-refractivity contribution in [1.82, 2.24) is 9.88 Å². The van der Waals surface area contributed by atoms with Gasteiger partial charge in [0.25, 0.3) is 0 Å². The van der Waals surface area contributed by atoms with E-state index in [2.05, 4.69) is 41.6 Å². The zero-order valence-corrected chi connectivity index (χ0v) is 27.0. The van der Waals surface area contributed by atoms with Crippen LogP contribution in [-0.2, 0) is 9.53 Å². The molecule has 2 aromatic rings. The molecule has 0 spiro atoms. The van der Waals surface area contributed by atoms with E-state index >= 15 is 0 Å². The van der Waals surface area contributed by atoms with Crippen LogP contribution >= 0.6 is 0 Å². The second-order valence-electron chi connectivity index (χ2n) is 12.8. The number of unbranched alkanes of at least 4 members (excludes halogenated alkanes) is 11. The van der Waals surface area contributed by atoms with E-state index in [1.807, 2.05) is 30.5 Å². The van der Waals surface area contributed by atoms with Crippen molar-refractivity contribution in [2.45, 2.75) is 122 Å². The van der Waals surface area contributed by atoms with Crippen molar-refractivity contribution in [2.75, 3.05) is 20.2 Å². The van der Waals surface area contributed by atoms with Crippen molar-refractivity contribution in [1.29, 1.82) is 0 Å². The first-order valence-electron chi connectivity index (χ1n) is 17.3. The number of pyridine rings is 1. The Kier molecular flexibility index (Phi) is 14.1. The molecule has 3 aliphatic rings. The monoisotopic (exact) mass is 588 g/mol. The van der Waals surface area contributed by atoms with Gasteiger partial charge in [0.1, 0.15) is 11.9 Å². The molecule has 3 aliphatic heterocycles. The van der Waals surface area contributed by atoms with Crippen LogP contribution in [0.25, 0.3) is 10.9 Å². The second-order valence-corrected chi connectivity index (χ2v) is 12.8. The zero-order chi connectivity index (χ0) is 30.3. The predicted octanol–water partition coefficient (Wildman–Crippen LogP) is 9.76. The summed E-state index contributed by atoms with van der Waals surface area (Å²) in [7, 11) is 1.68. The van der Waals surface area contributed by atoms with Crippen molar-refractivity contribution >= 4 is 16.9 Å². The molecule has 3 fully saturated rings. The highest BCUT2D eigenvalue weighted by Crippen LogP contribution is 2.43. The van der Waals surface area contributed by atoms with Gasteiger partial charge in [0, 0.05) is 30.1 Å². The van der Waals surface area contributed by atoms with Gasteiger partial charge in [-0.1, -0.05) is 76.5 Å². The molecule has 0 saturated carbocycles. The molecular weight excluding hydrogens is 532 g/mol. The van der Waals surface area contributed by atoms with Crippen LogP contribution in [-0.4, -0.2) is 42.1 Å². The Morgan fingerprint density at radius 3 is 2.42 bits per heavy atom. The molecule has 0 N–H and O–H groups in total. The van der Waals surface area contributed by atoms with Crippen molar-refractivity contribution < 1.29 is 14.3 Å². The third-order valence-corrected chi connectivity index (χ3v) is 9.69. The molecule has 5 rings (SSSR count). The highest BCUT2D eigenvalue weighted by atomic mass is 16.5. The van der Waals surface area contributed by atoms with E-state index in [0.29, 0.717) is 18.3 Å². The van der Waals surface area contributed by atoms with Crippen LogP contribution in [0.15, 0.2) is 55.3 Å². The third kappa shape index (κ3) is 9.93. The van der Waals surface area contributed by atoms with Gasteiger partial charge < -0.3 is 9.47 Å². The summed E-state index contributed by atoms with van der Waals surface area (Å²) < 4.78 is 12.0. The minimum absolute atomic E-state index is 0.0848. The lowest BCUT2D eigenvalue weighted by Crippen LogP contribution is -2.55. The molecule has 3 saturated heterocycles. The fraction of sp³-hybridized carbons (Fsp3) is 0.632. The van der Waals surface area contributed by atoms with Crippen molar-refractivity contribution in [3.8, 4) is 5.75 Å². The largest absolute Gasteiger partial charge is 0.497 e. The van der Waals surface area contributed by atoms with E-state index in [0.717, 1.165) is 54.6 Å². The van der Waals surface area contributed by atoms with E-state index < -0.39 is 0 Å². The quantitative estimate of drug-likeness (QED) is 0.0875. The molecule has 0 radical (unpaired) electrons. The molecule has 43 heavy (non-hydrogen) atoms. The van der Waals surface area contributed by atoms with Gasteiger partial charge in [0.05, 0.1) is 18.7 Å². The molecule has 1 aromatic heterocycles. The first kappa shape index (κ1) is 33.2. The highest BCUT2D eigenvalue weighted by Gasteiger charge is 2.44. The van der Waals surface area contributed by atoms with Gasteiger partial charge in [-0.2, -0.15) is 0 Å². The number of methoxy groups -OCH3 is 1. The highest BCUT2D eigenvalue weighted by molar-refractivity contribution is 5.84. The number of hydrogen-bond acceptors (Lipinski definition) is 5. The molecule has 5 atom stereocenters. The van der Waals surface area contributed by atoms with Crippen LogP contribution < -0.4 is 4.74 Å². The molecule has 2 bridgehead atoms. The summed E-state index contributed by atoms with van der Waals surface area (Å²) in [5.41, 5.74) is 1.94. The smallest absolute Gasteiger partial charge is 0.306 e. The lowest BCUT2D eigenvalue weighted by Gasteiger charge is -2.51. The first-order chi connectivity index (χ1) is 21.1. The SMILES string of the molecule is C=C[C@H]1CN2CC[C@H]1C[C@H]2[C@H](OC(=O)CCCCCCC/C=C\CCCCCCCC)c1ccnc2ccc(OC)cc12. The molecular formula is C38H56N2O3. The Bertz CT molecular complexity index is 1160. The van der Waals surface area contributed by atoms with Gasteiger partial charge in [-0.05, 0) is 87.6 Å². The van der Waals surface area contributed by atoms with Crippen molar-refractivity contribution in [3.05, 3.63) is 60.8 Å². The fourth-order valence-electron chi connectivity index (χ4n) is 7.10. The van der Waals surface area contributed by atoms with Crippen LogP contribution in [0.5, 0.6) is 5.75 Å². The zero-order valence-electron chi connectivity index (χ0n) is 27.0. The van der Waals surface area contributed by atoms with E-state index in [4.69, 9.17) is 9.47 Å². The number of carbonyl (C=O) groups excluding carboxylic acids is 1. The van der Waals surface area contributed by atoms with Crippen LogP contribution in [0.1, 0.15) is 121 Å². The molecule has 5 heteroatoms. The summed E-state index contributed by atoms with van der Waals surface area (Å²) in [5, 5.41) is 1.00. The standard InChI is InChI=1S/C38H56N2O3/c1-4-6-7-8-9-10-11-12-13-14-15-16-17-18-19-20-37(41)43-38(36-27-31-24-26-40(36)29-30(31)5-2)33-23-25-39-35-22-21-32(42-3)28-34(33)35/h5,12-13,21-23,25,28,30-31,36,38H,2,4,6-11,14-20,24,26-27,29H2,1,3H3/b13-12-/t30-,31-,36-,38+/m0/s1. The Morgan fingerprint density at radius 1 is 1.02 bits per heavy atom. The molecule has 5 nitrogen and oxygen atoms in total. The average Bonchev–Trinajstić information content (AvgIpc) is 3.05. The number of aromatic nitrogens is 1. The number of piperidine rings is 3. The molecule has 1 aromatic carbocycles. The molecule has 0 aliphatic carbocycles. The third-order valence-electron chi connectivity index (χ3n) is 9.69. The lowest BCUT2D eigenvalue weighted by atomic mass is 9.73. The number of nitrogens with zero attached hydrogens (tertiary/aromatic N) is 2. The lowest BCUT2D eigenvalue weighted by molar-refractivity contribution is -0.157. The number of rotatable bonds is 20. The van der Waals surface area contributed by atoms with Gasteiger partial charge in [-0.3, -0.25) is 14.7 Å². The van der Waals surface area contributed by atoms with Crippen molar-refractivity contribution in [3.63, 3.8) is 0 Å². The first-order valence-corrected chi connectivity index (χ1v) is 17.3. The normalized spacial score (nSPS) is 22.2. The summed E-state index contributed by atoms with van der Waals surface area (Å²) in [6, 6.07) is 8.17. The summed E-state index contributed by atoms with van der Waals surface area (Å²) in [6.45, 7) is 8.41. The number of benzene rings is 1. The maximum absolute atomic E-state index is 13.3. The number of carbonyl (C=O) groups is 1. The minimum Gasteiger partial charge on any atom is -0.497 e. The fourth-order valence-corrected chi connectivity index (χ4v) is 7.10. The Labute approximate surface area is 261 Å². The van der Waals surface area contributed by atoms with Gasteiger partial charge >= 0.3 is 5.97 Å². The maximum Gasteiger partial charge on any atom is 0.306 e. The number of fused-ring (bicyclic) bond motifs is 4. The van der Waals surface area contributed by atoms with Crippen LogP contribution in [0.3, 0.4) is 0 Å². The van der Waals surface area contributed by atoms with Gasteiger partial charge in [-0.15, -0.1) is 6.58 Å². The summed E-state index contributed by atoms with van der Waals surface area (Å²) in [4.78, 5) is 20.4. The average molecular weight is 589 g/mol.